The van der Waals surface area contributed by atoms with E-state index in [1.165, 1.54) is 0 Å². The Labute approximate surface area is 167 Å². The number of carbonyl (C=O) groups excluding carboxylic acids is 2. The molecule has 1 spiro atoms. The third-order valence-electron chi connectivity index (χ3n) is 6.74. The summed E-state index contributed by atoms with van der Waals surface area (Å²) < 4.78 is 7.75. The minimum absolute atomic E-state index is 0.195. The summed E-state index contributed by atoms with van der Waals surface area (Å²) in [6.45, 7) is 4.91. The summed E-state index contributed by atoms with van der Waals surface area (Å²) >= 11 is 0. The molecule has 0 saturated carbocycles. The van der Waals surface area contributed by atoms with Crippen LogP contribution in [0, 0.1) is 5.41 Å². The number of imidazole rings is 1. The van der Waals surface area contributed by atoms with Gasteiger partial charge >= 0.3 is 0 Å². The molecule has 4 heterocycles. The highest BCUT2D eigenvalue weighted by molar-refractivity contribution is 5.77. The number of nitrogens with zero attached hydrogens (tertiary/aromatic N) is 4. The SMILES string of the molecule is O=C(CCCn1ccnc1)N1CCC2(CCC(=O)N(CC3CCCO3)C2)CC1. The minimum atomic E-state index is 0.195. The van der Waals surface area contributed by atoms with Crippen molar-refractivity contribution in [1.82, 2.24) is 19.4 Å². The van der Waals surface area contributed by atoms with Gasteiger partial charge in [-0.15, -0.1) is 0 Å². The molecule has 0 aliphatic carbocycles. The second-order valence-corrected chi connectivity index (χ2v) is 8.69. The second kappa shape index (κ2) is 8.64. The Morgan fingerprint density at radius 3 is 2.86 bits per heavy atom. The predicted molar refractivity (Wildman–Crippen MR) is 104 cm³/mol. The lowest BCUT2D eigenvalue weighted by Gasteiger charge is -2.47. The van der Waals surface area contributed by atoms with Gasteiger partial charge in [-0.3, -0.25) is 9.59 Å². The van der Waals surface area contributed by atoms with Crippen LogP contribution in [0.4, 0.5) is 0 Å². The number of ether oxygens (including phenoxy) is 1. The summed E-state index contributed by atoms with van der Waals surface area (Å²) in [5.74, 6) is 0.539. The normalized spacial score (nSPS) is 24.9. The number of carbonyl (C=O) groups is 2. The van der Waals surface area contributed by atoms with Gasteiger partial charge in [-0.05, 0) is 43.9 Å². The van der Waals surface area contributed by atoms with Crippen LogP contribution < -0.4 is 0 Å². The fourth-order valence-corrected chi connectivity index (χ4v) is 4.93. The fourth-order valence-electron chi connectivity index (χ4n) is 4.93. The molecule has 3 fully saturated rings. The number of hydrogen-bond acceptors (Lipinski definition) is 4. The smallest absolute Gasteiger partial charge is 0.222 e. The lowest BCUT2D eigenvalue weighted by atomic mass is 9.72. The van der Waals surface area contributed by atoms with Gasteiger partial charge in [0, 0.05) is 64.6 Å². The maximum atomic E-state index is 12.6. The summed E-state index contributed by atoms with van der Waals surface area (Å²) in [5, 5.41) is 0. The molecule has 0 bridgehead atoms. The molecule has 3 saturated heterocycles. The zero-order valence-corrected chi connectivity index (χ0v) is 16.7. The summed E-state index contributed by atoms with van der Waals surface area (Å²) in [4.78, 5) is 33.1. The third-order valence-corrected chi connectivity index (χ3v) is 6.74. The predicted octanol–water partition coefficient (Wildman–Crippen LogP) is 2.07. The van der Waals surface area contributed by atoms with Gasteiger partial charge in [0.25, 0.3) is 0 Å². The quantitative estimate of drug-likeness (QED) is 0.748. The van der Waals surface area contributed by atoms with Crippen LogP contribution in [0.5, 0.6) is 0 Å². The van der Waals surface area contributed by atoms with E-state index in [1.54, 1.807) is 12.5 Å². The molecule has 1 aromatic heterocycles. The molecule has 28 heavy (non-hydrogen) atoms. The van der Waals surface area contributed by atoms with Crippen LogP contribution in [-0.4, -0.2) is 70.1 Å². The lowest BCUT2D eigenvalue weighted by Crippen LogP contribution is -2.53. The van der Waals surface area contributed by atoms with Crippen LogP contribution in [0.25, 0.3) is 0 Å². The molecule has 3 aliphatic rings. The van der Waals surface area contributed by atoms with Gasteiger partial charge in [0.1, 0.15) is 0 Å². The Hall–Kier alpha value is -1.89. The molecule has 7 heteroatoms. The van der Waals surface area contributed by atoms with E-state index in [0.29, 0.717) is 12.8 Å². The number of aromatic nitrogens is 2. The van der Waals surface area contributed by atoms with Gasteiger partial charge in [-0.1, -0.05) is 0 Å². The lowest BCUT2D eigenvalue weighted by molar-refractivity contribution is -0.144. The van der Waals surface area contributed by atoms with Crippen LogP contribution in [0.15, 0.2) is 18.7 Å². The Morgan fingerprint density at radius 1 is 1.29 bits per heavy atom. The molecular formula is C21H32N4O3. The van der Waals surface area contributed by atoms with Crippen molar-refractivity contribution in [1.29, 1.82) is 0 Å². The number of likely N-dealkylation sites (tertiary alicyclic amines) is 2. The largest absolute Gasteiger partial charge is 0.376 e. The summed E-state index contributed by atoms with van der Waals surface area (Å²) in [6.07, 6.45) is 13.0. The topological polar surface area (TPSA) is 67.7 Å². The van der Waals surface area contributed by atoms with Crippen molar-refractivity contribution in [3.8, 4) is 0 Å². The highest BCUT2D eigenvalue weighted by Crippen LogP contribution is 2.40. The van der Waals surface area contributed by atoms with Crippen LogP contribution in [-0.2, 0) is 20.9 Å². The zero-order valence-electron chi connectivity index (χ0n) is 16.7. The minimum Gasteiger partial charge on any atom is -0.376 e. The van der Waals surface area contributed by atoms with E-state index in [0.717, 1.165) is 77.9 Å². The van der Waals surface area contributed by atoms with Crippen molar-refractivity contribution < 1.29 is 14.3 Å². The summed E-state index contributed by atoms with van der Waals surface area (Å²) in [6, 6.07) is 0. The Morgan fingerprint density at radius 2 is 2.14 bits per heavy atom. The summed E-state index contributed by atoms with van der Waals surface area (Å²) in [5.41, 5.74) is 0.195. The number of amides is 2. The van der Waals surface area contributed by atoms with E-state index >= 15 is 0 Å². The van der Waals surface area contributed by atoms with Crippen LogP contribution in [0.1, 0.15) is 51.4 Å². The first-order chi connectivity index (χ1) is 13.6. The van der Waals surface area contributed by atoms with Crippen molar-refractivity contribution in [2.24, 2.45) is 5.41 Å². The summed E-state index contributed by atoms with van der Waals surface area (Å²) in [7, 11) is 0. The van der Waals surface area contributed by atoms with Gasteiger partial charge in [0.2, 0.25) is 11.8 Å². The molecule has 1 atom stereocenters. The van der Waals surface area contributed by atoms with Gasteiger partial charge in [0.15, 0.2) is 0 Å². The molecular weight excluding hydrogens is 356 g/mol. The van der Waals surface area contributed by atoms with Crippen LogP contribution in [0.3, 0.4) is 0 Å². The van der Waals surface area contributed by atoms with E-state index in [4.69, 9.17) is 4.74 Å². The van der Waals surface area contributed by atoms with E-state index in [-0.39, 0.29) is 23.3 Å². The zero-order chi connectivity index (χ0) is 19.4. The van der Waals surface area contributed by atoms with E-state index in [1.807, 2.05) is 20.6 Å². The average Bonchev–Trinajstić information content (AvgIpc) is 3.40. The van der Waals surface area contributed by atoms with Crippen LogP contribution in [0.2, 0.25) is 0 Å². The molecule has 0 N–H and O–H groups in total. The molecule has 154 valence electrons. The van der Waals surface area contributed by atoms with Crippen molar-refractivity contribution in [2.45, 2.75) is 64.0 Å². The number of hydrogen-bond donors (Lipinski definition) is 0. The molecule has 2 amide bonds. The van der Waals surface area contributed by atoms with Gasteiger partial charge < -0.3 is 19.1 Å². The monoisotopic (exact) mass is 388 g/mol. The Balaban J connectivity index is 1.24. The molecule has 1 unspecified atom stereocenters. The van der Waals surface area contributed by atoms with E-state index in [9.17, 15) is 9.59 Å². The maximum Gasteiger partial charge on any atom is 0.222 e. The van der Waals surface area contributed by atoms with Crippen molar-refractivity contribution in [3.05, 3.63) is 18.7 Å². The number of aryl methyl sites for hydroxylation is 1. The van der Waals surface area contributed by atoms with Gasteiger partial charge in [-0.25, -0.2) is 4.98 Å². The number of piperidine rings is 2. The standard InChI is InChI=1S/C21H32N4O3/c26-19(4-1-10-23-13-9-22-17-23)24-11-7-21(8-12-24)6-5-20(27)25(16-21)15-18-3-2-14-28-18/h9,13,17-18H,1-8,10-12,14-16H2. The van der Waals surface area contributed by atoms with Gasteiger partial charge in [-0.2, -0.15) is 0 Å². The average molecular weight is 389 g/mol. The molecule has 0 radical (unpaired) electrons. The Bertz CT molecular complexity index is 661. The van der Waals surface area contributed by atoms with E-state index in [2.05, 4.69) is 4.98 Å². The highest BCUT2D eigenvalue weighted by Gasteiger charge is 2.42. The van der Waals surface area contributed by atoms with Gasteiger partial charge in [0.05, 0.1) is 12.4 Å². The molecule has 7 nitrogen and oxygen atoms in total. The fraction of sp³-hybridized carbons (Fsp3) is 0.762. The molecule has 0 aromatic carbocycles. The highest BCUT2D eigenvalue weighted by atomic mass is 16.5. The Kier molecular flexibility index (Phi) is 5.99. The van der Waals surface area contributed by atoms with Crippen LogP contribution >= 0.6 is 0 Å². The van der Waals surface area contributed by atoms with E-state index < -0.39 is 0 Å². The van der Waals surface area contributed by atoms with Crippen molar-refractivity contribution in [2.75, 3.05) is 32.8 Å². The van der Waals surface area contributed by atoms with Crippen molar-refractivity contribution in [3.63, 3.8) is 0 Å². The maximum absolute atomic E-state index is 12.6. The molecule has 4 rings (SSSR count). The third kappa shape index (κ3) is 4.57. The molecule has 1 aromatic rings. The first kappa shape index (κ1) is 19.4. The molecule has 3 aliphatic heterocycles. The second-order valence-electron chi connectivity index (χ2n) is 8.69. The first-order valence-electron chi connectivity index (χ1n) is 10.8. The number of rotatable bonds is 6. The van der Waals surface area contributed by atoms with Crippen molar-refractivity contribution >= 4 is 11.8 Å². The first-order valence-corrected chi connectivity index (χ1v) is 10.8.